The van der Waals surface area contributed by atoms with Crippen LogP contribution < -0.4 is 0 Å². The number of nitrogens with zero attached hydrogens (tertiary/aromatic N) is 2. The van der Waals surface area contributed by atoms with Gasteiger partial charge in [-0.1, -0.05) is 45.0 Å². The second kappa shape index (κ2) is 8.61. The number of benzene rings is 2. The van der Waals surface area contributed by atoms with Gasteiger partial charge in [0.1, 0.15) is 0 Å². The number of likely N-dealkylation sites (tertiary alicyclic amines) is 2. The molecule has 0 aliphatic carbocycles. The number of para-hydroxylation sites is 1. The first kappa shape index (κ1) is 23.5. The van der Waals surface area contributed by atoms with E-state index in [4.69, 9.17) is 0 Å². The Labute approximate surface area is 215 Å². The van der Waals surface area contributed by atoms with E-state index in [-0.39, 0.29) is 41.5 Å². The van der Waals surface area contributed by atoms with E-state index in [0.29, 0.717) is 24.3 Å². The smallest absolute Gasteiger partial charge is 0.254 e. The zero-order valence-corrected chi connectivity index (χ0v) is 21.5. The SMILES string of the molecule is CC(C)(C)[C@H](CC(=O)c1cc2ccccc2[nH]1)C(=O)N1C[C@@H]2C[C@H]1CN2C(=O)c1cccc2[nH]ccc12. The summed E-state index contributed by atoms with van der Waals surface area (Å²) in [7, 11) is 0. The van der Waals surface area contributed by atoms with Gasteiger partial charge < -0.3 is 19.8 Å². The van der Waals surface area contributed by atoms with Crippen LogP contribution in [0.5, 0.6) is 0 Å². The van der Waals surface area contributed by atoms with Crippen molar-refractivity contribution in [2.45, 2.75) is 45.7 Å². The predicted octanol–water partition coefficient (Wildman–Crippen LogP) is 5.01. The number of carbonyl (C=O) groups excluding carboxylic acids is 3. The molecule has 0 unspecified atom stereocenters. The van der Waals surface area contributed by atoms with Crippen LogP contribution in [0.1, 0.15) is 54.5 Å². The molecule has 2 aromatic carbocycles. The van der Waals surface area contributed by atoms with Crippen molar-refractivity contribution in [1.82, 2.24) is 19.8 Å². The second-order valence-corrected chi connectivity index (χ2v) is 11.6. The summed E-state index contributed by atoms with van der Waals surface area (Å²) < 4.78 is 0. The Morgan fingerprint density at radius 2 is 1.68 bits per heavy atom. The van der Waals surface area contributed by atoms with Crippen molar-refractivity contribution in [3.63, 3.8) is 0 Å². The number of carbonyl (C=O) groups is 3. The Morgan fingerprint density at radius 1 is 0.946 bits per heavy atom. The number of rotatable bonds is 5. The summed E-state index contributed by atoms with van der Waals surface area (Å²) >= 11 is 0. The molecule has 4 heterocycles. The van der Waals surface area contributed by atoms with E-state index in [2.05, 4.69) is 9.97 Å². The molecule has 2 bridgehead atoms. The molecule has 2 aliphatic heterocycles. The number of hydrogen-bond acceptors (Lipinski definition) is 3. The quantitative estimate of drug-likeness (QED) is 0.381. The first-order chi connectivity index (χ1) is 17.7. The molecule has 4 aromatic rings. The van der Waals surface area contributed by atoms with Gasteiger partial charge in [-0.2, -0.15) is 0 Å². The number of amides is 2. The Bertz CT molecular complexity index is 1490. The van der Waals surface area contributed by atoms with Crippen molar-refractivity contribution >= 4 is 39.4 Å². The Balaban J connectivity index is 1.18. The number of aromatic nitrogens is 2. The summed E-state index contributed by atoms with van der Waals surface area (Å²) in [6, 6.07) is 17.3. The maximum Gasteiger partial charge on any atom is 0.254 e. The first-order valence-electron chi connectivity index (χ1n) is 13.0. The number of Topliss-reactive ketones (excluding diaryl/α,β-unsaturated/α-hetero) is 1. The molecule has 2 amide bonds. The fourth-order valence-electron chi connectivity index (χ4n) is 6.10. The third-order valence-electron chi connectivity index (χ3n) is 8.17. The van der Waals surface area contributed by atoms with Crippen LogP contribution in [0, 0.1) is 11.3 Å². The topological polar surface area (TPSA) is 89.3 Å². The summed E-state index contributed by atoms with van der Waals surface area (Å²) in [4.78, 5) is 50.8. The number of fused-ring (bicyclic) bond motifs is 4. The van der Waals surface area contributed by atoms with Crippen molar-refractivity contribution < 1.29 is 14.4 Å². The van der Waals surface area contributed by atoms with Gasteiger partial charge in [0.2, 0.25) is 5.91 Å². The molecular weight excluding hydrogens is 464 g/mol. The lowest BCUT2D eigenvalue weighted by Crippen LogP contribution is -2.53. The molecular formula is C30H32N4O3. The molecule has 0 saturated carbocycles. The minimum absolute atomic E-state index is 0.000624. The average molecular weight is 497 g/mol. The summed E-state index contributed by atoms with van der Waals surface area (Å²) in [5.41, 5.74) is 2.73. The van der Waals surface area contributed by atoms with Gasteiger partial charge in [0, 0.05) is 53.1 Å². The van der Waals surface area contributed by atoms with Gasteiger partial charge in [0.25, 0.3) is 5.91 Å². The van der Waals surface area contributed by atoms with Gasteiger partial charge >= 0.3 is 0 Å². The van der Waals surface area contributed by atoms with Crippen molar-refractivity contribution in [2.75, 3.05) is 13.1 Å². The van der Waals surface area contributed by atoms with E-state index < -0.39 is 5.92 Å². The lowest BCUT2D eigenvalue weighted by atomic mass is 9.76. The Kier molecular flexibility index (Phi) is 5.48. The van der Waals surface area contributed by atoms with E-state index in [1.807, 2.05) is 91.4 Å². The van der Waals surface area contributed by atoms with Crippen LogP contribution in [0.25, 0.3) is 21.8 Å². The van der Waals surface area contributed by atoms with E-state index in [1.165, 1.54) is 0 Å². The summed E-state index contributed by atoms with van der Waals surface area (Å²) in [6.45, 7) is 7.12. The summed E-state index contributed by atoms with van der Waals surface area (Å²) in [6.07, 6.45) is 2.79. The highest BCUT2D eigenvalue weighted by Gasteiger charge is 2.49. The maximum absolute atomic E-state index is 13.9. The van der Waals surface area contributed by atoms with Gasteiger partial charge in [-0.3, -0.25) is 14.4 Å². The van der Waals surface area contributed by atoms with Gasteiger partial charge in [-0.05, 0) is 42.2 Å². The fourth-order valence-corrected chi connectivity index (χ4v) is 6.10. The number of nitrogens with one attached hydrogen (secondary N) is 2. The normalized spacial score (nSPS) is 20.2. The molecule has 6 rings (SSSR count). The molecule has 190 valence electrons. The van der Waals surface area contributed by atoms with Crippen molar-refractivity contribution in [1.29, 1.82) is 0 Å². The van der Waals surface area contributed by atoms with Gasteiger partial charge in [-0.15, -0.1) is 0 Å². The lowest BCUT2D eigenvalue weighted by Gasteiger charge is -2.39. The Morgan fingerprint density at radius 3 is 2.41 bits per heavy atom. The van der Waals surface area contributed by atoms with Gasteiger partial charge in [-0.25, -0.2) is 0 Å². The van der Waals surface area contributed by atoms with Crippen LogP contribution in [-0.4, -0.2) is 62.5 Å². The molecule has 2 aliphatic rings. The summed E-state index contributed by atoms with van der Waals surface area (Å²) in [5, 5.41) is 1.91. The standard InChI is InChI=1S/C30H32N4O3/c1-30(2,3)23(15-27(35)26-13-18-7-4-5-9-24(18)32-26)29(37)34-17-19-14-20(34)16-33(19)28(36)22-8-6-10-25-21(22)11-12-31-25/h4-13,19-20,23,31-32H,14-17H2,1-3H3/t19-,20-,23+/m0/s1. The largest absolute Gasteiger partial charge is 0.361 e. The van der Waals surface area contributed by atoms with Gasteiger partial charge in [0.05, 0.1) is 23.7 Å². The lowest BCUT2D eigenvalue weighted by molar-refractivity contribution is -0.141. The molecule has 2 N–H and O–H groups in total. The first-order valence-corrected chi connectivity index (χ1v) is 13.0. The van der Waals surface area contributed by atoms with Crippen LogP contribution in [0.4, 0.5) is 0 Å². The molecule has 3 atom stereocenters. The molecule has 2 aromatic heterocycles. The number of aromatic amines is 2. The van der Waals surface area contributed by atoms with Gasteiger partial charge in [0.15, 0.2) is 5.78 Å². The number of ketones is 1. The van der Waals surface area contributed by atoms with E-state index >= 15 is 0 Å². The van der Waals surface area contributed by atoms with Crippen molar-refractivity contribution in [3.05, 3.63) is 72.1 Å². The molecule has 37 heavy (non-hydrogen) atoms. The molecule has 0 spiro atoms. The Hall–Kier alpha value is -3.87. The van der Waals surface area contributed by atoms with E-state index in [0.717, 1.165) is 28.2 Å². The van der Waals surface area contributed by atoms with Crippen LogP contribution in [-0.2, 0) is 4.79 Å². The van der Waals surface area contributed by atoms with Crippen molar-refractivity contribution in [2.24, 2.45) is 11.3 Å². The number of hydrogen-bond donors (Lipinski definition) is 2. The minimum atomic E-state index is -0.441. The predicted molar refractivity (Wildman–Crippen MR) is 143 cm³/mol. The third-order valence-corrected chi connectivity index (χ3v) is 8.17. The maximum atomic E-state index is 13.9. The summed E-state index contributed by atoms with van der Waals surface area (Å²) in [5.74, 6) is -0.454. The number of H-pyrrole nitrogens is 2. The molecule has 7 heteroatoms. The highest BCUT2D eigenvalue weighted by atomic mass is 16.2. The minimum Gasteiger partial charge on any atom is -0.361 e. The second-order valence-electron chi connectivity index (χ2n) is 11.6. The van der Waals surface area contributed by atoms with E-state index in [1.54, 1.807) is 0 Å². The highest BCUT2D eigenvalue weighted by Crippen LogP contribution is 2.38. The molecule has 2 saturated heterocycles. The average Bonchev–Trinajstić information content (AvgIpc) is 3.67. The highest BCUT2D eigenvalue weighted by molar-refractivity contribution is 6.07. The third kappa shape index (κ3) is 4.02. The molecule has 7 nitrogen and oxygen atoms in total. The number of piperazine rings is 1. The van der Waals surface area contributed by atoms with Crippen LogP contribution >= 0.6 is 0 Å². The van der Waals surface area contributed by atoms with Crippen molar-refractivity contribution in [3.8, 4) is 0 Å². The van der Waals surface area contributed by atoms with E-state index in [9.17, 15) is 14.4 Å². The molecule has 0 radical (unpaired) electrons. The fraction of sp³-hybridized carbons (Fsp3) is 0.367. The van der Waals surface area contributed by atoms with Crippen LogP contribution in [0.3, 0.4) is 0 Å². The molecule has 2 fully saturated rings. The van der Waals surface area contributed by atoms with Crippen LogP contribution in [0.2, 0.25) is 0 Å². The monoisotopic (exact) mass is 496 g/mol. The zero-order valence-electron chi connectivity index (χ0n) is 21.5. The van der Waals surface area contributed by atoms with Crippen LogP contribution in [0.15, 0.2) is 60.8 Å². The zero-order chi connectivity index (χ0) is 25.9.